The molecule has 5 rings (SSSR count). The summed E-state index contributed by atoms with van der Waals surface area (Å²) in [6.07, 6.45) is 0. The van der Waals surface area contributed by atoms with Crippen LogP contribution in [-0.4, -0.2) is 45.3 Å². The number of carbonyl (C=O) groups excluding carboxylic acids is 1. The minimum atomic E-state index is -0.373. The van der Waals surface area contributed by atoms with Crippen LogP contribution in [0, 0.1) is 0 Å². The molecular formula is C32H41N2O4+. The summed E-state index contributed by atoms with van der Waals surface area (Å²) in [5.74, 6) is -0.625. The van der Waals surface area contributed by atoms with E-state index >= 15 is 0 Å². The van der Waals surface area contributed by atoms with E-state index in [1.165, 1.54) is 0 Å². The van der Waals surface area contributed by atoms with Crippen molar-refractivity contribution in [2.45, 2.75) is 104 Å². The van der Waals surface area contributed by atoms with Gasteiger partial charge in [-0.3, -0.25) is 4.79 Å². The number of aromatic hydroxyl groups is 2. The van der Waals surface area contributed by atoms with Crippen LogP contribution in [0.1, 0.15) is 85.9 Å². The quantitative estimate of drug-likeness (QED) is 0.530. The largest absolute Gasteiger partial charge is 0.507 e. The van der Waals surface area contributed by atoms with Crippen LogP contribution in [0.5, 0.6) is 11.5 Å². The van der Waals surface area contributed by atoms with Crippen molar-refractivity contribution >= 4 is 22.6 Å². The third-order valence-corrected chi connectivity index (χ3v) is 9.68. The van der Waals surface area contributed by atoms with E-state index in [0.29, 0.717) is 10.8 Å². The van der Waals surface area contributed by atoms with E-state index in [1.54, 1.807) is 12.1 Å². The van der Waals surface area contributed by atoms with Gasteiger partial charge in [-0.2, -0.15) is 0 Å². The standard InChI is InChI=1S/C32H40N2O4/c1-15(2)33-17(5)31(7,8)21-11-19(25(35)13-23(21)33)27-29(37)28(30(27)38)20-12-22-24(14-26(20)36)34(16(3)4)18(6)32(22,9)10/h11-18H,1-10H3,(H2,35,36,37,38)/p+1. The Kier molecular flexibility index (Phi) is 5.62. The fourth-order valence-corrected chi connectivity index (χ4v) is 6.93. The lowest BCUT2D eigenvalue weighted by molar-refractivity contribution is -0.110. The molecule has 2 heterocycles. The number of rotatable bonds is 3. The van der Waals surface area contributed by atoms with Gasteiger partial charge >= 0.3 is 0 Å². The third-order valence-electron chi connectivity index (χ3n) is 9.68. The van der Waals surface area contributed by atoms with Gasteiger partial charge in [0.15, 0.2) is 6.04 Å². The van der Waals surface area contributed by atoms with E-state index in [4.69, 9.17) is 0 Å². The molecule has 0 aromatic heterocycles. The number of hydrogen-bond acceptors (Lipinski definition) is 5. The fraction of sp³-hybridized carbons (Fsp3) is 0.500. The number of Topliss-reactive ketones (excluding diaryl/α,β-unsaturated/α-hetero) is 1. The zero-order valence-corrected chi connectivity index (χ0v) is 24.3. The number of phenolic OH excluding ortho intramolecular Hbond substituents is 2. The number of anilines is 1. The minimum Gasteiger partial charge on any atom is -0.507 e. The van der Waals surface area contributed by atoms with Crippen LogP contribution in [-0.2, 0) is 15.6 Å². The highest BCUT2D eigenvalue weighted by molar-refractivity contribution is 6.52. The summed E-state index contributed by atoms with van der Waals surface area (Å²) in [7, 11) is 0. The molecule has 0 saturated carbocycles. The van der Waals surface area contributed by atoms with Gasteiger partial charge in [0.1, 0.15) is 23.3 Å². The Morgan fingerprint density at radius 2 is 1.47 bits per heavy atom. The van der Waals surface area contributed by atoms with Crippen LogP contribution in [0.25, 0.3) is 11.1 Å². The van der Waals surface area contributed by atoms with E-state index in [-0.39, 0.29) is 69.2 Å². The number of carbonyl (C=O) groups is 1. The average molecular weight is 518 g/mol. The van der Waals surface area contributed by atoms with Crippen molar-refractivity contribution in [1.82, 2.24) is 4.58 Å². The van der Waals surface area contributed by atoms with Gasteiger partial charge in [0, 0.05) is 45.6 Å². The highest BCUT2D eigenvalue weighted by atomic mass is 16.3. The molecule has 202 valence electrons. The van der Waals surface area contributed by atoms with Gasteiger partial charge in [-0.15, -0.1) is 0 Å². The van der Waals surface area contributed by atoms with Gasteiger partial charge in [-0.1, -0.05) is 13.8 Å². The number of hydrogen-bond donors (Lipinski definition) is 3. The summed E-state index contributed by atoms with van der Waals surface area (Å²) in [4.78, 5) is 15.9. The molecular weight excluding hydrogens is 476 g/mol. The maximum Gasteiger partial charge on any atom is 0.208 e. The Hall–Kier alpha value is -3.28. The van der Waals surface area contributed by atoms with E-state index in [0.717, 1.165) is 22.2 Å². The van der Waals surface area contributed by atoms with Crippen molar-refractivity contribution < 1.29 is 20.1 Å². The smallest absolute Gasteiger partial charge is 0.208 e. The normalized spacial score (nSPS) is 24.9. The van der Waals surface area contributed by atoms with Crippen molar-refractivity contribution in [2.75, 3.05) is 4.90 Å². The summed E-state index contributed by atoms with van der Waals surface area (Å²) in [6.45, 7) is 21.5. The fourth-order valence-electron chi connectivity index (χ4n) is 6.93. The highest BCUT2D eigenvalue weighted by Crippen LogP contribution is 2.51. The van der Waals surface area contributed by atoms with Crippen LogP contribution in [0.2, 0.25) is 0 Å². The molecule has 2 aliphatic heterocycles. The number of ketones is 1. The summed E-state index contributed by atoms with van der Waals surface area (Å²) in [6, 6.07) is 8.05. The number of aliphatic hydroxyl groups excluding tert-OH is 1. The third kappa shape index (κ3) is 3.25. The number of benzene rings is 2. The van der Waals surface area contributed by atoms with Crippen LogP contribution in [0.15, 0.2) is 30.0 Å². The second kappa shape index (κ2) is 8.11. The summed E-state index contributed by atoms with van der Waals surface area (Å²) in [5.41, 5.74) is 3.15. The predicted molar refractivity (Wildman–Crippen MR) is 152 cm³/mol. The predicted octanol–water partition coefficient (Wildman–Crippen LogP) is 4.27. The molecule has 3 N–H and O–H groups in total. The number of aliphatic hydroxyl groups is 1. The number of fused-ring (bicyclic) bond motifs is 2. The van der Waals surface area contributed by atoms with Crippen molar-refractivity contribution in [3.63, 3.8) is 0 Å². The van der Waals surface area contributed by atoms with Gasteiger partial charge in [0.05, 0.1) is 22.6 Å². The lowest BCUT2D eigenvalue weighted by Gasteiger charge is -2.34. The Morgan fingerprint density at radius 1 is 0.842 bits per heavy atom. The first-order chi connectivity index (χ1) is 17.5. The van der Waals surface area contributed by atoms with Gasteiger partial charge in [0.25, 0.3) is 0 Å². The first-order valence-corrected chi connectivity index (χ1v) is 13.7. The lowest BCUT2D eigenvalue weighted by Crippen LogP contribution is -2.42. The molecule has 0 fully saturated rings. The maximum atomic E-state index is 13.6. The molecule has 0 bridgehead atoms. The lowest BCUT2D eigenvalue weighted by atomic mass is 9.76. The maximum absolute atomic E-state index is 13.6. The Labute approximate surface area is 225 Å². The molecule has 0 radical (unpaired) electrons. The van der Waals surface area contributed by atoms with Gasteiger partial charge in [-0.05, 0) is 73.1 Å². The van der Waals surface area contributed by atoms with Crippen molar-refractivity contribution in [2.24, 2.45) is 0 Å². The Morgan fingerprint density at radius 3 is 2.03 bits per heavy atom. The van der Waals surface area contributed by atoms with Gasteiger partial charge < -0.3 is 20.2 Å². The van der Waals surface area contributed by atoms with E-state index in [2.05, 4.69) is 78.7 Å². The number of allylic oxidation sites excluding steroid dienone is 2. The first-order valence-electron chi connectivity index (χ1n) is 13.7. The Bertz CT molecular complexity index is 1560. The molecule has 2 aromatic rings. The van der Waals surface area contributed by atoms with Crippen LogP contribution < -0.4 is 20.1 Å². The van der Waals surface area contributed by atoms with E-state index in [1.807, 2.05) is 12.1 Å². The molecule has 0 saturated heterocycles. The monoisotopic (exact) mass is 517 g/mol. The van der Waals surface area contributed by atoms with E-state index < -0.39 is 0 Å². The molecule has 1 aliphatic carbocycles. The van der Waals surface area contributed by atoms with Gasteiger partial charge in [0.2, 0.25) is 11.1 Å². The summed E-state index contributed by atoms with van der Waals surface area (Å²) >= 11 is 0. The molecule has 3 aliphatic rings. The zero-order chi connectivity index (χ0) is 28.2. The topological polar surface area (TPSA) is 84.0 Å². The average Bonchev–Trinajstić information content (AvgIpc) is 3.12. The summed E-state index contributed by atoms with van der Waals surface area (Å²) in [5, 5.41) is 34.6. The molecule has 0 amide bonds. The SMILES string of the molecule is CC(C)N1c2cc(O)c(C3=C(O)/C(=c4/cc5c(cc4O)=[N+](C(C)C)C(C)C5(C)C)C3=O)cc2C(C)(C)C1C. The Balaban J connectivity index is 1.71. The second-order valence-corrected chi connectivity index (χ2v) is 13.0. The van der Waals surface area contributed by atoms with Crippen LogP contribution >= 0.6 is 0 Å². The molecule has 0 spiro atoms. The molecule has 6 heteroatoms. The van der Waals surface area contributed by atoms with Crippen LogP contribution in [0.4, 0.5) is 5.69 Å². The summed E-state index contributed by atoms with van der Waals surface area (Å²) < 4.78 is 2.29. The first kappa shape index (κ1) is 26.3. The van der Waals surface area contributed by atoms with E-state index in [9.17, 15) is 20.1 Å². The molecule has 6 nitrogen and oxygen atoms in total. The molecule has 38 heavy (non-hydrogen) atoms. The second-order valence-electron chi connectivity index (χ2n) is 13.0. The number of nitrogens with zero attached hydrogens (tertiary/aromatic N) is 2. The highest BCUT2D eigenvalue weighted by Gasteiger charge is 2.47. The number of phenols is 2. The molecule has 2 unspecified atom stereocenters. The van der Waals surface area contributed by atoms with Crippen LogP contribution in [0.3, 0.4) is 0 Å². The van der Waals surface area contributed by atoms with Crippen molar-refractivity contribution in [3.05, 3.63) is 57.3 Å². The van der Waals surface area contributed by atoms with Gasteiger partial charge in [-0.25, -0.2) is 4.58 Å². The molecule has 2 atom stereocenters. The van der Waals surface area contributed by atoms with Crippen molar-refractivity contribution in [1.29, 1.82) is 0 Å². The van der Waals surface area contributed by atoms with Crippen molar-refractivity contribution in [3.8, 4) is 11.5 Å². The minimum absolute atomic E-state index is 0.0334. The molecule has 2 aromatic carbocycles. The zero-order valence-electron chi connectivity index (χ0n) is 24.3.